The smallest absolute Gasteiger partial charge is 0.305 e. The van der Waals surface area contributed by atoms with Crippen LogP contribution in [0.3, 0.4) is 0 Å². The Bertz CT molecular complexity index is 444. The Morgan fingerprint density at radius 2 is 2.17 bits per heavy atom. The molecular weight excluding hydrogens is 261 g/mol. The van der Waals surface area contributed by atoms with E-state index in [1.807, 2.05) is 0 Å². The van der Waals surface area contributed by atoms with E-state index < -0.39 is 24.2 Å². The van der Waals surface area contributed by atoms with Gasteiger partial charge in [-0.1, -0.05) is 24.6 Å². The molecule has 0 saturated heterocycles. The Morgan fingerprint density at radius 3 is 2.67 bits per heavy atom. The number of aliphatic carboxylic acids is 1. The van der Waals surface area contributed by atoms with E-state index in [9.17, 15) is 14.0 Å². The molecule has 98 valence electrons. The highest BCUT2D eigenvalue weighted by molar-refractivity contribution is 6.31. The van der Waals surface area contributed by atoms with Crippen LogP contribution in [0.15, 0.2) is 18.2 Å². The fourth-order valence-corrected chi connectivity index (χ4v) is 1.83. The third-order valence-corrected chi connectivity index (χ3v) is 2.71. The lowest BCUT2D eigenvalue weighted by atomic mass is 10.0. The number of benzene rings is 1. The van der Waals surface area contributed by atoms with Gasteiger partial charge in [0.1, 0.15) is 5.82 Å². The van der Waals surface area contributed by atoms with Crippen molar-refractivity contribution in [2.45, 2.75) is 25.8 Å². The lowest BCUT2D eigenvalue weighted by Crippen LogP contribution is -2.30. The summed E-state index contributed by atoms with van der Waals surface area (Å²) < 4.78 is 13.7. The Labute approximate surface area is 109 Å². The predicted molar refractivity (Wildman–Crippen MR) is 64.8 cm³/mol. The maximum atomic E-state index is 13.7. The molecule has 18 heavy (non-hydrogen) atoms. The quantitative estimate of drug-likeness (QED) is 0.866. The van der Waals surface area contributed by atoms with Gasteiger partial charge in [0, 0.05) is 17.0 Å². The summed E-state index contributed by atoms with van der Waals surface area (Å²) >= 11 is 5.85. The first kappa shape index (κ1) is 14.4. The minimum atomic E-state index is -1.14. The number of halogens is 2. The summed E-state index contributed by atoms with van der Waals surface area (Å²) in [5.74, 6) is -2.14. The van der Waals surface area contributed by atoms with Crippen LogP contribution in [0.25, 0.3) is 0 Å². The van der Waals surface area contributed by atoms with Gasteiger partial charge in [0.05, 0.1) is 12.5 Å². The molecule has 2 N–H and O–H groups in total. The van der Waals surface area contributed by atoms with Crippen LogP contribution in [0.2, 0.25) is 5.02 Å². The van der Waals surface area contributed by atoms with E-state index in [-0.39, 0.29) is 22.9 Å². The molecule has 0 spiro atoms. The average molecular weight is 274 g/mol. The summed E-state index contributed by atoms with van der Waals surface area (Å²) in [5.41, 5.74) is 0.00312. The molecule has 4 nitrogen and oxygen atoms in total. The summed E-state index contributed by atoms with van der Waals surface area (Å²) in [6.45, 7) is 1.62. The third kappa shape index (κ3) is 3.70. The molecule has 0 aliphatic heterocycles. The molecule has 0 bridgehead atoms. The van der Waals surface area contributed by atoms with Crippen LogP contribution >= 0.6 is 11.6 Å². The SMILES string of the molecule is CCC(=O)NC(CC(=O)O)c1c(F)cccc1Cl. The van der Waals surface area contributed by atoms with Crippen molar-refractivity contribution in [2.75, 3.05) is 0 Å². The second kappa shape index (κ2) is 6.35. The normalized spacial score (nSPS) is 11.9. The highest BCUT2D eigenvalue weighted by atomic mass is 35.5. The van der Waals surface area contributed by atoms with Gasteiger partial charge in [0.2, 0.25) is 5.91 Å². The van der Waals surface area contributed by atoms with Gasteiger partial charge >= 0.3 is 5.97 Å². The van der Waals surface area contributed by atoms with Gasteiger partial charge < -0.3 is 10.4 Å². The zero-order valence-corrected chi connectivity index (χ0v) is 10.5. The zero-order valence-electron chi connectivity index (χ0n) is 9.74. The van der Waals surface area contributed by atoms with E-state index in [2.05, 4.69) is 5.32 Å². The maximum absolute atomic E-state index is 13.7. The Hall–Kier alpha value is -1.62. The van der Waals surface area contributed by atoms with E-state index in [4.69, 9.17) is 16.7 Å². The molecule has 1 atom stereocenters. The first-order chi connectivity index (χ1) is 8.45. The van der Waals surface area contributed by atoms with Crippen LogP contribution in [0.1, 0.15) is 31.4 Å². The van der Waals surface area contributed by atoms with Gasteiger partial charge in [-0.25, -0.2) is 4.39 Å². The molecule has 0 fully saturated rings. The minimum Gasteiger partial charge on any atom is -0.481 e. The molecule has 6 heteroatoms. The van der Waals surface area contributed by atoms with Crippen LogP contribution < -0.4 is 5.32 Å². The Kier molecular flexibility index (Phi) is 5.09. The Morgan fingerprint density at radius 1 is 1.50 bits per heavy atom. The summed E-state index contributed by atoms with van der Waals surface area (Å²) in [7, 11) is 0. The van der Waals surface area contributed by atoms with E-state index in [0.717, 1.165) is 0 Å². The number of nitrogens with one attached hydrogen (secondary N) is 1. The fourth-order valence-electron chi connectivity index (χ4n) is 1.54. The lowest BCUT2D eigenvalue weighted by molar-refractivity contribution is -0.137. The van der Waals surface area contributed by atoms with Crippen LogP contribution in [0.4, 0.5) is 4.39 Å². The molecule has 1 rings (SSSR count). The fraction of sp³-hybridized carbons (Fsp3) is 0.333. The number of carbonyl (C=O) groups excluding carboxylic acids is 1. The summed E-state index contributed by atoms with van der Waals surface area (Å²) in [4.78, 5) is 22.1. The molecule has 0 radical (unpaired) electrons. The third-order valence-electron chi connectivity index (χ3n) is 2.38. The largest absolute Gasteiger partial charge is 0.481 e. The molecule has 1 aromatic carbocycles. The topological polar surface area (TPSA) is 66.4 Å². The number of hydrogen-bond acceptors (Lipinski definition) is 2. The first-order valence-corrected chi connectivity index (χ1v) is 5.78. The minimum absolute atomic E-state index is 0.00312. The Balaban J connectivity index is 3.08. The van der Waals surface area contributed by atoms with E-state index in [1.165, 1.54) is 18.2 Å². The van der Waals surface area contributed by atoms with Crippen LogP contribution in [0.5, 0.6) is 0 Å². The molecule has 0 aliphatic carbocycles. The molecule has 1 aromatic rings. The molecule has 1 unspecified atom stereocenters. The second-order valence-corrected chi connectivity index (χ2v) is 4.11. The number of carbonyl (C=O) groups is 2. The van der Waals surface area contributed by atoms with Gasteiger partial charge in [-0.3, -0.25) is 9.59 Å². The van der Waals surface area contributed by atoms with Gasteiger partial charge in [0.15, 0.2) is 0 Å². The highest BCUT2D eigenvalue weighted by Gasteiger charge is 2.23. The maximum Gasteiger partial charge on any atom is 0.305 e. The van der Waals surface area contributed by atoms with Crippen molar-refractivity contribution in [3.63, 3.8) is 0 Å². The van der Waals surface area contributed by atoms with Crippen molar-refractivity contribution in [1.82, 2.24) is 5.32 Å². The van der Waals surface area contributed by atoms with Crippen molar-refractivity contribution < 1.29 is 19.1 Å². The molecule has 0 aliphatic rings. The average Bonchev–Trinajstić information content (AvgIpc) is 2.27. The first-order valence-electron chi connectivity index (χ1n) is 5.40. The van der Waals surface area contributed by atoms with Crippen molar-refractivity contribution in [2.24, 2.45) is 0 Å². The standard InChI is InChI=1S/C12H13ClFNO3/c1-2-10(16)15-9(6-11(17)18)12-7(13)4-3-5-8(12)14/h3-5,9H,2,6H2,1H3,(H,15,16)(H,17,18). The van der Waals surface area contributed by atoms with Crippen molar-refractivity contribution in [1.29, 1.82) is 0 Å². The number of hydrogen-bond donors (Lipinski definition) is 2. The summed E-state index contributed by atoms with van der Waals surface area (Å²) in [6, 6.07) is 3.07. The van der Waals surface area contributed by atoms with Crippen LogP contribution in [-0.2, 0) is 9.59 Å². The van der Waals surface area contributed by atoms with Gasteiger partial charge in [-0.15, -0.1) is 0 Å². The van der Waals surface area contributed by atoms with Crippen molar-refractivity contribution >= 4 is 23.5 Å². The van der Waals surface area contributed by atoms with Crippen molar-refractivity contribution in [3.8, 4) is 0 Å². The number of carboxylic acids is 1. The van der Waals surface area contributed by atoms with Gasteiger partial charge in [-0.05, 0) is 12.1 Å². The number of rotatable bonds is 5. The highest BCUT2D eigenvalue weighted by Crippen LogP contribution is 2.28. The molecule has 0 heterocycles. The molecule has 0 aromatic heterocycles. The van der Waals surface area contributed by atoms with Gasteiger partial charge in [-0.2, -0.15) is 0 Å². The van der Waals surface area contributed by atoms with E-state index in [0.29, 0.717) is 0 Å². The summed E-state index contributed by atoms with van der Waals surface area (Å²) in [6.07, 6.45) is -0.241. The molecule has 1 amide bonds. The molecular formula is C12H13ClFNO3. The van der Waals surface area contributed by atoms with Crippen LogP contribution in [-0.4, -0.2) is 17.0 Å². The van der Waals surface area contributed by atoms with Crippen molar-refractivity contribution in [3.05, 3.63) is 34.6 Å². The van der Waals surface area contributed by atoms with E-state index >= 15 is 0 Å². The second-order valence-electron chi connectivity index (χ2n) is 3.71. The number of carboxylic acid groups (broad SMARTS) is 1. The predicted octanol–water partition coefficient (Wildman–Crippen LogP) is 2.52. The molecule has 0 saturated carbocycles. The zero-order chi connectivity index (χ0) is 13.7. The lowest BCUT2D eigenvalue weighted by Gasteiger charge is -2.18. The summed E-state index contributed by atoms with van der Waals surface area (Å²) in [5, 5.41) is 11.3. The number of amides is 1. The van der Waals surface area contributed by atoms with E-state index in [1.54, 1.807) is 6.92 Å². The van der Waals surface area contributed by atoms with Crippen LogP contribution in [0, 0.1) is 5.82 Å². The van der Waals surface area contributed by atoms with Gasteiger partial charge in [0.25, 0.3) is 0 Å². The monoisotopic (exact) mass is 273 g/mol.